The normalized spacial score (nSPS) is 12.3. The molecule has 0 saturated heterocycles. The molecule has 0 bridgehead atoms. The van der Waals surface area contributed by atoms with E-state index in [1.165, 1.54) is 6.92 Å². The van der Waals surface area contributed by atoms with Crippen LogP contribution in [0, 0.1) is 5.92 Å². The van der Waals surface area contributed by atoms with Crippen LogP contribution < -0.4 is 15.7 Å². The van der Waals surface area contributed by atoms with Gasteiger partial charge in [0.15, 0.2) is 0 Å². The SMILES string of the molecule is CC(C)CCNC(=O)N[C@H](C)C(=O)[O-]. The molecule has 5 nitrogen and oxygen atoms in total. The van der Waals surface area contributed by atoms with Gasteiger partial charge in [0.2, 0.25) is 0 Å². The fourth-order valence-electron chi connectivity index (χ4n) is 0.781. The molecule has 0 aromatic carbocycles. The average Bonchev–Trinajstić information content (AvgIpc) is 2.02. The van der Waals surface area contributed by atoms with Gasteiger partial charge in [0.1, 0.15) is 0 Å². The largest absolute Gasteiger partial charge is 0.548 e. The number of nitrogens with one attached hydrogen (secondary N) is 2. The fourth-order valence-corrected chi connectivity index (χ4v) is 0.781. The van der Waals surface area contributed by atoms with E-state index in [2.05, 4.69) is 10.6 Å². The van der Waals surface area contributed by atoms with Gasteiger partial charge in [-0.05, 0) is 19.3 Å². The van der Waals surface area contributed by atoms with Gasteiger partial charge in [0.05, 0.1) is 12.0 Å². The highest BCUT2D eigenvalue weighted by Crippen LogP contribution is 1.95. The third-order valence-corrected chi connectivity index (χ3v) is 1.71. The summed E-state index contributed by atoms with van der Waals surface area (Å²) >= 11 is 0. The first-order valence-corrected chi connectivity index (χ1v) is 4.68. The van der Waals surface area contributed by atoms with E-state index in [1.807, 2.05) is 13.8 Å². The highest BCUT2D eigenvalue weighted by molar-refractivity contribution is 5.81. The standard InChI is InChI=1S/C9H18N2O3/c1-6(2)4-5-10-9(14)11-7(3)8(12)13/h6-7H,4-5H2,1-3H3,(H,12,13)(H2,10,11,14)/p-1/t7-/m1/s1. The van der Waals surface area contributed by atoms with E-state index >= 15 is 0 Å². The minimum absolute atomic E-state index is 0.470. The first-order valence-electron chi connectivity index (χ1n) is 4.68. The van der Waals surface area contributed by atoms with Gasteiger partial charge in [0, 0.05) is 6.54 Å². The molecule has 2 amide bonds. The van der Waals surface area contributed by atoms with Gasteiger partial charge in [-0.3, -0.25) is 0 Å². The van der Waals surface area contributed by atoms with Crippen molar-refractivity contribution in [2.75, 3.05) is 6.54 Å². The number of carboxylic acid groups (broad SMARTS) is 1. The van der Waals surface area contributed by atoms with Crippen molar-refractivity contribution >= 4 is 12.0 Å². The molecule has 0 saturated carbocycles. The summed E-state index contributed by atoms with van der Waals surface area (Å²) in [4.78, 5) is 21.3. The van der Waals surface area contributed by atoms with Gasteiger partial charge in [-0.15, -0.1) is 0 Å². The maximum absolute atomic E-state index is 11.0. The van der Waals surface area contributed by atoms with Crippen molar-refractivity contribution in [3.63, 3.8) is 0 Å². The summed E-state index contributed by atoms with van der Waals surface area (Å²) in [7, 11) is 0. The third-order valence-electron chi connectivity index (χ3n) is 1.71. The van der Waals surface area contributed by atoms with Crippen LogP contribution in [0.3, 0.4) is 0 Å². The Morgan fingerprint density at radius 3 is 2.29 bits per heavy atom. The van der Waals surface area contributed by atoms with Gasteiger partial charge < -0.3 is 20.5 Å². The van der Waals surface area contributed by atoms with Crippen LogP contribution in [0.15, 0.2) is 0 Å². The Balaban J connectivity index is 3.60. The Kier molecular flexibility index (Phi) is 5.67. The molecule has 0 aliphatic heterocycles. The molecule has 0 fully saturated rings. The lowest BCUT2D eigenvalue weighted by atomic mass is 10.1. The topological polar surface area (TPSA) is 81.3 Å². The number of rotatable bonds is 5. The fraction of sp³-hybridized carbons (Fsp3) is 0.778. The molecule has 0 aliphatic rings. The zero-order chi connectivity index (χ0) is 11.1. The third kappa shape index (κ3) is 6.28. The predicted octanol–water partition coefficient (Wildman–Crippen LogP) is -0.530. The second-order valence-electron chi connectivity index (χ2n) is 3.62. The second kappa shape index (κ2) is 6.23. The van der Waals surface area contributed by atoms with Gasteiger partial charge in [0.25, 0.3) is 0 Å². The Labute approximate surface area is 83.9 Å². The van der Waals surface area contributed by atoms with Crippen molar-refractivity contribution in [2.45, 2.75) is 33.2 Å². The zero-order valence-corrected chi connectivity index (χ0v) is 8.79. The molecule has 14 heavy (non-hydrogen) atoms. The molecule has 1 atom stereocenters. The highest BCUT2D eigenvalue weighted by atomic mass is 16.4. The Bertz CT molecular complexity index is 204. The lowest BCUT2D eigenvalue weighted by molar-refractivity contribution is -0.307. The molecule has 0 radical (unpaired) electrons. The minimum atomic E-state index is -1.29. The van der Waals surface area contributed by atoms with E-state index < -0.39 is 18.0 Å². The van der Waals surface area contributed by atoms with Gasteiger partial charge in [-0.25, -0.2) is 4.79 Å². The lowest BCUT2D eigenvalue weighted by Gasteiger charge is -2.15. The van der Waals surface area contributed by atoms with E-state index in [0.29, 0.717) is 12.5 Å². The van der Waals surface area contributed by atoms with Crippen LogP contribution in [0.1, 0.15) is 27.2 Å². The predicted molar refractivity (Wildman–Crippen MR) is 50.5 cm³/mol. The zero-order valence-electron chi connectivity index (χ0n) is 8.79. The van der Waals surface area contributed by atoms with Gasteiger partial charge in [-0.1, -0.05) is 13.8 Å². The Morgan fingerprint density at radius 1 is 1.29 bits per heavy atom. The number of hydrogen-bond acceptors (Lipinski definition) is 3. The maximum atomic E-state index is 11.0. The highest BCUT2D eigenvalue weighted by Gasteiger charge is 2.06. The van der Waals surface area contributed by atoms with Gasteiger partial charge >= 0.3 is 6.03 Å². The number of carbonyl (C=O) groups is 2. The van der Waals surface area contributed by atoms with Crippen molar-refractivity contribution < 1.29 is 14.7 Å². The molecule has 0 heterocycles. The molecule has 0 aliphatic carbocycles. The number of amides is 2. The monoisotopic (exact) mass is 201 g/mol. The van der Waals surface area contributed by atoms with E-state index in [-0.39, 0.29) is 0 Å². The lowest BCUT2D eigenvalue weighted by Crippen LogP contribution is -2.49. The summed E-state index contributed by atoms with van der Waals surface area (Å²) in [6, 6.07) is -1.43. The van der Waals surface area contributed by atoms with Crippen LogP contribution >= 0.6 is 0 Å². The average molecular weight is 201 g/mol. The van der Waals surface area contributed by atoms with Crippen molar-refractivity contribution in [3.8, 4) is 0 Å². The quantitative estimate of drug-likeness (QED) is 0.627. The van der Waals surface area contributed by atoms with Crippen LogP contribution in [0.4, 0.5) is 4.79 Å². The second-order valence-corrected chi connectivity index (χ2v) is 3.62. The van der Waals surface area contributed by atoms with E-state index in [0.717, 1.165) is 6.42 Å². The number of urea groups is 1. The van der Waals surface area contributed by atoms with Crippen molar-refractivity contribution in [3.05, 3.63) is 0 Å². The van der Waals surface area contributed by atoms with Crippen LogP contribution in [0.2, 0.25) is 0 Å². The molecule has 2 N–H and O–H groups in total. The van der Waals surface area contributed by atoms with Crippen molar-refractivity contribution in [1.29, 1.82) is 0 Å². The molecular formula is C9H17N2O3-. The number of aliphatic carboxylic acids is 1. The minimum Gasteiger partial charge on any atom is -0.548 e. The molecular weight excluding hydrogens is 184 g/mol. The summed E-state index contributed by atoms with van der Waals surface area (Å²) in [5.74, 6) is -0.780. The smallest absolute Gasteiger partial charge is 0.315 e. The summed E-state index contributed by atoms with van der Waals surface area (Å²) in [6.07, 6.45) is 0.868. The maximum Gasteiger partial charge on any atom is 0.315 e. The summed E-state index contributed by atoms with van der Waals surface area (Å²) < 4.78 is 0. The molecule has 82 valence electrons. The molecule has 0 unspecified atom stereocenters. The Morgan fingerprint density at radius 2 is 1.86 bits per heavy atom. The number of hydrogen-bond donors (Lipinski definition) is 2. The first kappa shape index (κ1) is 12.7. The van der Waals surface area contributed by atoms with Crippen LogP contribution in [0.25, 0.3) is 0 Å². The van der Waals surface area contributed by atoms with Crippen LogP contribution in [-0.2, 0) is 4.79 Å². The van der Waals surface area contributed by atoms with Gasteiger partial charge in [-0.2, -0.15) is 0 Å². The van der Waals surface area contributed by atoms with E-state index in [9.17, 15) is 14.7 Å². The van der Waals surface area contributed by atoms with E-state index in [4.69, 9.17) is 0 Å². The Hall–Kier alpha value is -1.26. The molecule has 0 aromatic rings. The number of carbonyl (C=O) groups excluding carboxylic acids is 2. The summed E-state index contributed by atoms with van der Waals surface area (Å²) in [5.41, 5.74) is 0. The molecule has 0 rings (SSSR count). The van der Waals surface area contributed by atoms with Crippen molar-refractivity contribution in [2.24, 2.45) is 5.92 Å². The van der Waals surface area contributed by atoms with E-state index in [1.54, 1.807) is 0 Å². The van der Waals surface area contributed by atoms with Crippen LogP contribution in [-0.4, -0.2) is 24.6 Å². The molecule has 5 heteroatoms. The molecule has 0 spiro atoms. The first-order chi connectivity index (χ1) is 6.43. The molecule has 0 aromatic heterocycles. The number of carboxylic acids is 1. The summed E-state index contributed by atoms with van der Waals surface area (Å²) in [6.45, 7) is 5.99. The summed E-state index contributed by atoms with van der Waals surface area (Å²) in [5, 5.41) is 15.1. The van der Waals surface area contributed by atoms with Crippen LogP contribution in [0.5, 0.6) is 0 Å². The van der Waals surface area contributed by atoms with Crippen molar-refractivity contribution in [1.82, 2.24) is 10.6 Å².